The van der Waals surface area contributed by atoms with E-state index in [2.05, 4.69) is 4.74 Å². The zero-order chi connectivity index (χ0) is 14.6. The van der Waals surface area contributed by atoms with E-state index < -0.39 is 18.9 Å². The van der Waals surface area contributed by atoms with Crippen molar-refractivity contribution in [2.24, 2.45) is 0 Å². The minimum Gasteiger partial charge on any atom is -0.390 e. The molecule has 20 heavy (non-hydrogen) atoms. The largest absolute Gasteiger partial charge is 0.411 e. The van der Waals surface area contributed by atoms with E-state index >= 15 is 0 Å². The van der Waals surface area contributed by atoms with Crippen molar-refractivity contribution in [3.8, 4) is 0 Å². The molecule has 0 aliphatic rings. The Morgan fingerprint density at radius 3 is 2.50 bits per heavy atom. The number of halogens is 3. The summed E-state index contributed by atoms with van der Waals surface area (Å²) in [6.07, 6.45) is -5.05. The maximum absolute atomic E-state index is 11.9. The van der Waals surface area contributed by atoms with Crippen LogP contribution in [-0.4, -0.2) is 30.6 Å². The quantitative estimate of drug-likeness (QED) is 0.912. The number of alkyl halides is 3. The third-order valence-electron chi connectivity index (χ3n) is 2.91. The third kappa shape index (κ3) is 4.21. The van der Waals surface area contributed by atoms with Gasteiger partial charge in [-0.15, -0.1) is 0 Å². The number of rotatable bonds is 5. The van der Waals surface area contributed by atoms with Crippen molar-refractivity contribution in [3.63, 3.8) is 0 Å². The zero-order valence-corrected chi connectivity index (χ0v) is 10.7. The van der Waals surface area contributed by atoms with Gasteiger partial charge in [-0.25, -0.2) is 0 Å². The Hall–Kier alpha value is -1.59. The van der Waals surface area contributed by atoms with Gasteiger partial charge < -0.3 is 9.84 Å². The average molecular weight is 284 g/mol. The maximum atomic E-state index is 11.9. The molecule has 5 heteroatoms. The summed E-state index contributed by atoms with van der Waals surface area (Å²) < 4.78 is 40.3. The van der Waals surface area contributed by atoms with Gasteiger partial charge in [0, 0.05) is 6.42 Å². The predicted octanol–water partition coefficient (Wildman–Crippen LogP) is 3.32. The number of benzene rings is 2. The first-order valence-corrected chi connectivity index (χ1v) is 6.25. The number of fused-ring (bicyclic) bond motifs is 1. The van der Waals surface area contributed by atoms with E-state index in [1.54, 1.807) is 0 Å². The Bertz CT molecular complexity index is 561. The minimum atomic E-state index is -4.36. The molecule has 0 fully saturated rings. The standard InChI is InChI=1S/C15H15F3O2/c16-15(17,18)10-20-9-13(19)8-12-6-3-5-11-4-1-2-7-14(11)12/h1-7,13,19H,8-10H2. The third-order valence-corrected chi connectivity index (χ3v) is 2.91. The fourth-order valence-electron chi connectivity index (χ4n) is 2.09. The molecule has 108 valence electrons. The minimum absolute atomic E-state index is 0.263. The van der Waals surface area contributed by atoms with Crippen molar-refractivity contribution in [1.29, 1.82) is 0 Å². The van der Waals surface area contributed by atoms with Crippen LogP contribution in [0.1, 0.15) is 5.56 Å². The van der Waals surface area contributed by atoms with Crippen LogP contribution in [-0.2, 0) is 11.2 Å². The molecule has 1 atom stereocenters. The summed E-state index contributed by atoms with van der Waals surface area (Å²) in [6, 6.07) is 13.3. The molecular weight excluding hydrogens is 269 g/mol. The van der Waals surface area contributed by atoms with Gasteiger partial charge in [-0.3, -0.25) is 0 Å². The van der Waals surface area contributed by atoms with E-state index in [1.165, 1.54) is 0 Å². The Morgan fingerprint density at radius 1 is 1.05 bits per heavy atom. The van der Waals surface area contributed by atoms with Crippen LogP contribution in [0, 0.1) is 0 Å². The Morgan fingerprint density at radius 2 is 1.75 bits per heavy atom. The number of ether oxygens (including phenoxy) is 1. The molecule has 2 aromatic carbocycles. The SMILES string of the molecule is OC(COCC(F)(F)F)Cc1cccc2ccccc12. The molecule has 0 aliphatic carbocycles. The first-order chi connectivity index (χ1) is 9.46. The maximum Gasteiger partial charge on any atom is 0.411 e. The van der Waals surface area contributed by atoms with Crippen LogP contribution in [0.15, 0.2) is 42.5 Å². The summed E-state index contributed by atoms with van der Waals surface area (Å²) in [4.78, 5) is 0. The van der Waals surface area contributed by atoms with Crippen LogP contribution in [0.25, 0.3) is 10.8 Å². The van der Waals surface area contributed by atoms with Crippen LogP contribution < -0.4 is 0 Å². The highest BCUT2D eigenvalue weighted by atomic mass is 19.4. The molecule has 2 nitrogen and oxygen atoms in total. The molecule has 1 unspecified atom stereocenters. The van der Waals surface area contributed by atoms with Gasteiger partial charge in [-0.05, 0) is 16.3 Å². The number of aliphatic hydroxyl groups is 1. The highest BCUT2D eigenvalue weighted by Gasteiger charge is 2.27. The molecule has 0 aliphatic heterocycles. The first kappa shape index (κ1) is 14.8. The molecule has 2 rings (SSSR count). The van der Waals surface area contributed by atoms with E-state index in [0.29, 0.717) is 0 Å². The highest BCUT2D eigenvalue weighted by Crippen LogP contribution is 2.20. The second kappa shape index (κ2) is 6.24. The summed E-state index contributed by atoms with van der Waals surface area (Å²) in [5.41, 5.74) is 0.895. The van der Waals surface area contributed by atoms with Gasteiger partial charge in [0.25, 0.3) is 0 Å². The molecule has 0 saturated carbocycles. The van der Waals surface area contributed by atoms with E-state index in [4.69, 9.17) is 0 Å². The van der Waals surface area contributed by atoms with Crippen molar-refractivity contribution < 1.29 is 23.0 Å². The van der Waals surface area contributed by atoms with Gasteiger partial charge in [0.05, 0.1) is 12.7 Å². The van der Waals surface area contributed by atoms with Crippen molar-refractivity contribution in [2.45, 2.75) is 18.7 Å². The monoisotopic (exact) mass is 284 g/mol. The lowest BCUT2D eigenvalue weighted by Crippen LogP contribution is -2.24. The van der Waals surface area contributed by atoms with Crippen molar-refractivity contribution >= 4 is 10.8 Å². The number of hydrogen-bond acceptors (Lipinski definition) is 2. The van der Waals surface area contributed by atoms with Crippen LogP contribution in [0.5, 0.6) is 0 Å². The molecule has 0 radical (unpaired) electrons. The van der Waals surface area contributed by atoms with E-state index in [9.17, 15) is 18.3 Å². The topological polar surface area (TPSA) is 29.5 Å². The summed E-state index contributed by atoms with van der Waals surface area (Å²) in [5, 5.41) is 11.8. The zero-order valence-electron chi connectivity index (χ0n) is 10.7. The van der Waals surface area contributed by atoms with Gasteiger partial charge in [-0.2, -0.15) is 13.2 Å². The lowest BCUT2D eigenvalue weighted by Gasteiger charge is -2.14. The molecule has 0 saturated heterocycles. The molecule has 0 amide bonds. The summed E-state index contributed by atoms with van der Waals surface area (Å²) in [7, 11) is 0. The Labute approximate surface area is 114 Å². The highest BCUT2D eigenvalue weighted by molar-refractivity contribution is 5.85. The fourth-order valence-corrected chi connectivity index (χ4v) is 2.09. The molecular formula is C15H15F3O2. The molecule has 0 bridgehead atoms. The van der Waals surface area contributed by atoms with Gasteiger partial charge in [0.2, 0.25) is 0 Å². The van der Waals surface area contributed by atoms with Crippen LogP contribution in [0.2, 0.25) is 0 Å². The first-order valence-electron chi connectivity index (χ1n) is 6.25. The molecule has 0 heterocycles. The van der Waals surface area contributed by atoms with E-state index in [0.717, 1.165) is 16.3 Å². The van der Waals surface area contributed by atoms with Gasteiger partial charge in [0.1, 0.15) is 6.61 Å². The van der Waals surface area contributed by atoms with Crippen LogP contribution in [0.4, 0.5) is 13.2 Å². The molecule has 0 aromatic heterocycles. The summed E-state index contributed by atoms with van der Waals surface area (Å²) in [5.74, 6) is 0. The summed E-state index contributed by atoms with van der Waals surface area (Å²) in [6.45, 7) is -1.66. The lowest BCUT2D eigenvalue weighted by atomic mass is 10.0. The smallest absolute Gasteiger partial charge is 0.390 e. The van der Waals surface area contributed by atoms with Crippen molar-refractivity contribution in [2.75, 3.05) is 13.2 Å². The second-order valence-corrected chi connectivity index (χ2v) is 4.63. The lowest BCUT2D eigenvalue weighted by molar-refractivity contribution is -0.178. The number of hydrogen-bond donors (Lipinski definition) is 1. The van der Waals surface area contributed by atoms with Gasteiger partial charge >= 0.3 is 6.18 Å². The van der Waals surface area contributed by atoms with Crippen molar-refractivity contribution in [1.82, 2.24) is 0 Å². The normalized spacial score (nSPS) is 13.6. The van der Waals surface area contributed by atoms with E-state index in [-0.39, 0.29) is 13.0 Å². The van der Waals surface area contributed by atoms with Crippen LogP contribution in [0.3, 0.4) is 0 Å². The molecule has 0 spiro atoms. The van der Waals surface area contributed by atoms with Crippen molar-refractivity contribution in [3.05, 3.63) is 48.0 Å². The average Bonchev–Trinajstić information content (AvgIpc) is 2.37. The molecule has 2 aromatic rings. The second-order valence-electron chi connectivity index (χ2n) is 4.63. The van der Waals surface area contributed by atoms with E-state index in [1.807, 2.05) is 42.5 Å². The fraction of sp³-hybridized carbons (Fsp3) is 0.333. The van der Waals surface area contributed by atoms with Gasteiger partial charge in [0.15, 0.2) is 0 Å². The Balaban J connectivity index is 1.98. The summed E-state index contributed by atoms with van der Waals surface area (Å²) >= 11 is 0. The molecule has 1 N–H and O–H groups in total. The van der Waals surface area contributed by atoms with Gasteiger partial charge in [-0.1, -0.05) is 42.5 Å². The Kier molecular flexibility index (Phi) is 4.62. The predicted molar refractivity (Wildman–Crippen MR) is 70.5 cm³/mol. The number of aliphatic hydroxyl groups excluding tert-OH is 1. The van der Waals surface area contributed by atoms with Crippen LogP contribution >= 0.6 is 0 Å².